The van der Waals surface area contributed by atoms with Gasteiger partial charge in [-0.2, -0.15) is 10.2 Å². The second-order valence-electron chi connectivity index (χ2n) is 6.43. The fourth-order valence-corrected chi connectivity index (χ4v) is 3.47. The number of amides is 1. The standard InChI is InChI=1S/C20H16N4O3/c1-11(25)22-17-7-6-14-15(17)3-2-4-16(14)19-23-20(27-24-19)12-5-8-18(26)13(9-12)10-21/h2-5,8-9,17,26H,6-7H2,1H3,(H,22,25)/t17-/m0/s1. The van der Waals surface area contributed by atoms with E-state index in [1.54, 1.807) is 6.07 Å². The number of carbonyl (C=O) groups excluding carboxylic acids is 1. The fourth-order valence-electron chi connectivity index (χ4n) is 3.47. The van der Waals surface area contributed by atoms with Crippen molar-refractivity contribution in [2.75, 3.05) is 0 Å². The Bertz CT molecular complexity index is 1080. The topological polar surface area (TPSA) is 112 Å². The molecule has 0 bridgehead atoms. The molecule has 0 saturated carbocycles. The van der Waals surface area contributed by atoms with E-state index >= 15 is 0 Å². The fraction of sp³-hybridized carbons (Fsp3) is 0.200. The Morgan fingerprint density at radius 2 is 2.22 bits per heavy atom. The highest BCUT2D eigenvalue weighted by atomic mass is 16.5. The average molecular weight is 360 g/mol. The molecule has 27 heavy (non-hydrogen) atoms. The van der Waals surface area contributed by atoms with Gasteiger partial charge in [-0.3, -0.25) is 4.79 Å². The van der Waals surface area contributed by atoms with Gasteiger partial charge in [0.1, 0.15) is 11.8 Å². The minimum Gasteiger partial charge on any atom is -0.507 e. The van der Waals surface area contributed by atoms with Crippen LogP contribution < -0.4 is 5.32 Å². The average Bonchev–Trinajstić information content (AvgIpc) is 3.29. The summed E-state index contributed by atoms with van der Waals surface area (Å²) in [6.45, 7) is 1.51. The zero-order chi connectivity index (χ0) is 19.0. The smallest absolute Gasteiger partial charge is 0.258 e. The van der Waals surface area contributed by atoms with E-state index in [1.807, 2.05) is 24.3 Å². The summed E-state index contributed by atoms with van der Waals surface area (Å²) in [5, 5.41) is 25.8. The maximum Gasteiger partial charge on any atom is 0.258 e. The molecular weight excluding hydrogens is 344 g/mol. The Hall–Kier alpha value is -3.66. The number of rotatable bonds is 3. The van der Waals surface area contributed by atoms with Crippen LogP contribution in [0.2, 0.25) is 0 Å². The van der Waals surface area contributed by atoms with E-state index in [0.717, 1.165) is 29.5 Å². The van der Waals surface area contributed by atoms with Crippen LogP contribution in [0.25, 0.3) is 22.8 Å². The lowest BCUT2D eigenvalue weighted by molar-refractivity contribution is -0.119. The van der Waals surface area contributed by atoms with Crippen molar-refractivity contribution >= 4 is 5.91 Å². The quantitative estimate of drug-likeness (QED) is 0.742. The summed E-state index contributed by atoms with van der Waals surface area (Å²) in [6.07, 6.45) is 1.65. The van der Waals surface area contributed by atoms with Crippen molar-refractivity contribution in [2.24, 2.45) is 0 Å². The molecule has 1 amide bonds. The number of nitrogens with zero attached hydrogens (tertiary/aromatic N) is 3. The molecule has 1 heterocycles. The molecule has 0 saturated heterocycles. The van der Waals surface area contributed by atoms with Crippen LogP contribution in [0.1, 0.15) is 36.1 Å². The zero-order valence-electron chi connectivity index (χ0n) is 14.6. The van der Waals surface area contributed by atoms with Crippen LogP contribution in [0.3, 0.4) is 0 Å². The molecule has 134 valence electrons. The van der Waals surface area contributed by atoms with Gasteiger partial charge < -0.3 is 14.9 Å². The van der Waals surface area contributed by atoms with Crippen LogP contribution in [0.4, 0.5) is 0 Å². The van der Waals surface area contributed by atoms with Crippen molar-refractivity contribution in [2.45, 2.75) is 25.8 Å². The number of aromatic hydroxyl groups is 1. The van der Waals surface area contributed by atoms with Crippen LogP contribution in [-0.2, 0) is 11.2 Å². The van der Waals surface area contributed by atoms with E-state index in [9.17, 15) is 9.90 Å². The number of benzene rings is 2. The monoisotopic (exact) mass is 360 g/mol. The van der Waals surface area contributed by atoms with E-state index in [0.29, 0.717) is 11.4 Å². The first kappa shape index (κ1) is 16.8. The number of hydrogen-bond donors (Lipinski definition) is 2. The molecule has 3 aromatic rings. The maximum atomic E-state index is 11.4. The Morgan fingerprint density at radius 3 is 3.00 bits per heavy atom. The number of fused-ring (bicyclic) bond motifs is 1. The molecule has 0 radical (unpaired) electrons. The Kier molecular flexibility index (Phi) is 4.09. The molecule has 1 aliphatic rings. The summed E-state index contributed by atoms with van der Waals surface area (Å²) < 4.78 is 5.37. The third-order valence-corrected chi connectivity index (χ3v) is 4.68. The van der Waals surface area contributed by atoms with Crippen LogP contribution in [0.5, 0.6) is 5.75 Å². The minimum atomic E-state index is -0.0918. The van der Waals surface area contributed by atoms with Gasteiger partial charge in [0, 0.05) is 18.1 Å². The van der Waals surface area contributed by atoms with Crippen molar-refractivity contribution in [3.63, 3.8) is 0 Å². The summed E-state index contributed by atoms with van der Waals surface area (Å²) in [7, 11) is 0. The van der Waals surface area contributed by atoms with Crippen LogP contribution in [0, 0.1) is 11.3 Å². The van der Waals surface area contributed by atoms with Gasteiger partial charge in [0.15, 0.2) is 0 Å². The first-order chi connectivity index (χ1) is 13.1. The molecule has 2 aromatic carbocycles. The van der Waals surface area contributed by atoms with Crippen LogP contribution in [0.15, 0.2) is 40.9 Å². The number of aromatic nitrogens is 2. The predicted molar refractivity (Wildman–Crippen MR) is 96.4 cm³/mol. The number of nitrogens with one attached hydrogen (secondary N) is 1. The second kappa shape index (κ2) is 6.57. The van der Waals surface area contributed by atoms with Crippen molar-refractivity contribution in [3.8, 4) is 34.7 Å². The normalized spacial score (nSPS) is 15.2. The lowest BCUT2D eigenvalue weighted by atomic mass is 10.0. The summed E-state index contributed by atoms with van der Waals surface area (Å²) in [4.78, 5) is 15.9. The molecule has 7 heteroatoms. The van der Waals surface area contributed by atoms with E-state index in [1.165, 1.54) is 19.1 Å². The number of phenolic OH excluding ortho intramolecular Hbond substituents is 1. The zero-order valence-corrected chi connectivity index (χ0v) is 14.6. The van der Waals surface area contributed by atoms with E-state index in [-0.39, 0.29) is 29.2 Å². The van der Waals surface area contributed by atoms with E-state index < -0.39 is 0 Å². The Morgan fingerprint density at radius 1 is 1.37 bits per heavy atom. The number of hydrogen-bond acceptors (Lipinski definition) is 6. The number of phenols is 1. The molecule has 2 N–H and O–H groups in total. The highest BCUT2D eigenvalue weighted by Crippen LogP contribution is 2.37. The molecule has 0 aliphatic heterocycles. The molecule has 4 rings (SSSR count). The predicted octanol–water partition coefficient (Wildman–Crippen LogP) is 3.10. The van der Waals surface area contributed by atoms with Gasteiger partial charge in [-0.05, 0) is 42.2 Å². The minimum absolute atomic E-state index is 0.000827. The van der Waals surface area contributed by atoms with Crippen molar-refractivity contribution in [3.05, 3.63) is 53.1 Å². The van der Waals surface area contributed by atoms with Gasteiger partial charge in [-0.1, -0.05) is 23.4 Å². The highest BCUT2D eigenvalue weighted by Gasteiger charge is 2.27. The summed E-state index contributed by atoms with van der Waals surface area (Å²) in [5.41, 5.74) is 3.75. The SMILES string of the molecule is CC(=O)N[C@H]1CCc2c(-c3noc(-c4ccc(O)c(C#N)c4)n3)cccc21. The van der Waals surface area contributed by atoms with Crippen LogP contribution >= 0.6 is 0 Å². The number of carbonyl (C=O) groups is 1. The van der Waals surface area contributed by atoms with Gasteiger partial charge in [0.25, 0.3) is 5.89 Å². The Balaban J connectivity index is 1.70. The largest absolute Gasteiger partial charge is 0.507 e. The third kappa shape index (κ3) is 3.02. The van der Waals surface area contributed by atoms with Gasteiger partial charge in [0.05, 0.1) is 11.6 Å². The van der Waals surface area contributed by atoms with E-state index in [2.05, 4.69) is 15.5 Å². The van der Waals surface area contributed by atoms with Gasteiger partial charge in [0.2, 0.25) is 11.7 Å². The van der Waals surface area contributed by atoms with Crippen molar-refractivity contribution in [1.82, 2.24) is 15.5 Å². The molecule has 7 nitrogen and oxygen atoms in total. The maximum absolute atomic E-state index is 11.4. The lowest BCUT2D eigenvalue weighted by Crippen LogP contribution is -2.24. The third-order valence-electron chi connectivity index (χ3n) is 4.68. The Labute approximate surface area is 155 Å². The molecule has 0 spiro atoms. The van der Waals surface area contributed by atoms with Gasteiger partial charge in [-0.25, -0.2) is 0 Å². The summed E-state index contributed by atoms with van der Waals surface area (Å²) in [5.74, 6) is 0.582. The highest BCUT2D eigenvalue weighted by molar-refractivity contribution is 5.74. The second-order valence-corrected chi connectivity index (χ2v) is 6.43. The summed E-state index contributed by atoms with van der Waals surface area (Å²) in [6, 6.07) is 12.3. The molecule has 1 aliphatic carbocycles. The first-order valence-electron chi connectivity index (χ1n) is 8.53. The van der Waals surface area contributed by atoms with Crippen LogP contribution in [-0.4, -0.2) is 21.2 Å². The first-order valence-corrected chi connectivity index (χ1v) is 8.53. The van der Waals surface area contributed by atoms with Gasteiger partial charge >= 0.3 is 0 Å². The molecule has 1 atom stereocenters. The lowest BCUT2D eigenvalue weighted by Gasteiger charge is -2.12. The van der Waals surface area contributed by atoms with Crippen molar-refractivity contribution < 1.29 is 14.4 Å². The van der Waals surface area contributed by atoms with Crippen molar-refractivity contribution in [1.29, 1.82) is 5.26 Å². The number of nitriles is 1. The molecular formula is C20H16N4O3. The van der Waals surface area contributed by atoms with E-state index in [4.69, 9.17) is 9.78 Å². The molecule has 0 unspecified atom stereocenters. The summed E-state index contributed by atoms with van der Waals surface area (Å²) >= 11 is 0. The molecule has 1 aromatic heterocycles. The molecule has 0 fully saturated rings. The van der Waals surface area contributed by atoms with Gasteiger partial charge in [-0.15, -0.1) is 0 Å².